The lowest BCUT2D eigenvalue weighted by atomic mass is 9.83. The summed E-state index contributed by atoms with van der Waals surface area (Å²) >= 11 is 0. The summed E-state index contributed by atoms with van der Waals surface area (Å²) in [4.78, 5) is 23.1. The van der Waals surface area contributed by atoms with Crippen LogP contribution in [0.3, 0.4) is 0 Å². The van der Waals surface area contributed by atoms with Crippen LogP contribution in [-0.2, 0) is 9.59 Å². The van der Waals surface area contributed by atoms with Gasteiger partial charge in [0, 0.05) is 23.7 Å². The smallest absolute Gasteiger partial charge is 0.138 e. The Labute approximate surface area is 87.1 Å². The Balaban J connectivity index is 4.10. The number of ketones is 2. The Bertz CT molecular complexity index is 200. The van der Waals surface area contributed by atoms with Crippen LogP contribution in [0.2, 0.25) is 0 Å². The summed E-state index contributed by atoms with van der Waals surface area (Å²) in [5, 5.41) is 0. The maximum Gasteiger partial charge on any atom is 0.138 e. The standard InChI is InChI=1S/C12H22O2/c1-11(2,3)9(13)7-8-10(14)12(4,5)6/h7-8H2,1-6H3. The first-order valence-corrected chi connectivity index (χ1v) is 5.12. The second-order valence-corrected chi connectivity index (χ2v) is 5.85. The topological polar surface area (TPSA) is 34.1 Å². The minimum atomic E-state index is -0.321. The van der Waals surface area contributed by atoms with Gasteiger partial charge in [-0.1, -0.05) is 41.5 Å². The second-order valence-electron chi connectivity index (χ2n) is 5.85. The van der Waals surface area contributed by atoms with Gasteiger partial charge >= 0.3 is 0 Å². The highest BCUT2D eigenvalue weighted by atomic mass is 16.1. The molecule has 0 radical (unpaired) electrons. The molecule has 0 aliphatic heterocycles. The third-order valence-electron chi connectivity index (χ3n) is 2.25. The van der Waals surface area contributed by atoms with Crippen LogP contribution in [0.5, 0.6) is 0 Å². The molecule has 0 aromatic rings. The quantitative estimate of drug-likeness (QED) is 0.698. The molecule has 0 amide bonds. The number of rotatable bonds is 3. The first kappa shape index (κ1) is 13.3. The van der Waals surface area contributed by atoms with Gasteiger partial charge in [-0.05, 0) is 0 Å². The molecule has 0 N–H and O–H groups in total. The van der Waals surface area contributed by atoms with E-state index >= 15 is 0 Å². The number of hydrogen-bond donors (Lipinski definition) is 0. The van der Waals surface area contributed by atoms with Gasteiger partial charge in [0.25, 0.3) is 0 Å². The summed E-state index contributed by atoms with van der Waals surface area (Å²) in [6.07, 6.45) is 0.749. The summed E-state index contributed by atoms with van der Waals surface area (Å²) in [5.41, 5.74) is -0.643. The van der Waals surface area contributed by atoms with Gasteiger partial charge in [0.1, 0.15) is 11.6 Å². The third kappa shape index (κ3) is 4.54. The van der Waals surface area contributed by atoms with Crippen molar-refractivity contribution in [1.82, 2.24) is 0 Å². The van der Waals surface area contributed by atoms with E-state index in [0.717, 1.165) is 0 Å². The fourth-order valence-electron chi connectivity index (χ4n) is 0.977. The van der Waals surface area contributed by atoms with Crippen LogP contribution in [0, 0.1) is 10.8 Å². The molecule has 2 nitrogen and oxygen atoms in total. The lowest BCUT2D eigenvalue weighted by Gasteiger charge is -2.19. The molecule has 2 heteroatoms. The molecule has 82 valence electrons. The monoisotopic (exact) mass is 198 g/mol. The average molecular weight is 198 g/mol. The van der Waals surface area contributed by atoms with Gasteiger partial charge in [0.05, 0.1) is 0 Å². The molecule has 0 spiro atoms. The first-order valence-electron chi connectivity index (χ1n) is 5.12. The van der Waals surface area contributed by atoms with Crippen molar-refractivity contribution in [2.75, 3.05) is 0 Å². The maximum absolute atomic E-state index is 11.5. The van der Waals surface area contributed by atoms with Gasteiger partial charge in [-0.3, -0.25) is 9.59 Å². The maximum atomic E-state index is 11.5. The highest BCUT2D eigenvalue weighted by molar-refractivity contribution is 5.90. The summed E-state index contributed by atoms with van der Waals surface area (Å²) in [5.74, 6) is 0.324. The Morgan fingerprint density at radius 2 is 0.929 bits per heavy atom. The van der Waals surface area contributed by atoms with Gasteiger partial charge in [-0.2, -0.15) is 0 Å². The van der Waals surface area contributed by atoms with Gasteiger partial charge in [0.2, 0.25) is 0 Å². The van der Waals surface area contributed by atoms with E-state index in [4.69, 9.17) is 0 Å². The van der Waals surface area contributed by atoms with Crippen LogP contribution in [-0.4, -0.2) is 11.6 Å². The van der Waals surface area contributed by atoms with Crippen molar-refractivity contribution in [2.24, 2.45) is 10.8 Å². The number of carbonyl (C=O) groups is 2. The fourth-order valence-corrected chi connectivity index (χ4v) is 0.977. The highest BCUT2D eigenvalue weighted by Crippen LogP contribution is 2.22. The molecule has 0 aromatic carbocycles. The van der Waals surface area contributed by atoms with Crippen molar-refractivity contribution in [3.63, 3.8) is 0 Å². The van der Waals surface area contributed by atoms with Crippen LogP contribution >= 0.6 is 0 Å². The predicted molar refractivity (Wildman–Crippen MR) is 58.2 cm³/mol. The molecular weight excluding hydrogens is 176 g/mol. The summed E-state index contributed by atoms with van der Waals surface area (Å²) < 4.78 is 0. The predicted octanol–water partition coefficient (Wildman–Crippen LogP) is 3.00. The minimum absolute atomic E-state index is 0.162. The lowest BCUT2D eigenvalue weighted by molar-refractivity contribution is -0.131. The van der Waals surface area contributed by atoms with E-state index < -0.39 is 0 Å². The molecular formula is C12H22O2. The molecule has 0 aliphatic rings. The van der Waals surface area contributed by atoms with Gasteiger partial charge < -0.3 is 0 Å². The first-order chi connectivity index (χ1) is 6.05. The van der Waals surface area contributed by atoms with E-state index in [1.807, 2.05) is 41.5 Å². The molecule has 0 fully saturated rings. The summed E-state index contributed by atoms with van der Waals surface area (Å²) in [6.45, 7) is 11.3. The van der Waals surface area contributed by atoms with Crippen molar-refractivity contribution in [1.29, 1.82) is 0 Å². The van der Waals surface area contributed by atoms with E-state index in [1.165, 1.54) is 0 Å². The van der Waals surface area contributed by atoms with Crippen LogP contribution in [0.4, 0.5) is 0 Å². The van der Waals surface area contributed by atoms with E-state index in [-0.39, 0.29) is 22.4 Å². The molecule has 0 heterocycles. The van der Waals surface area contributed by atoms with E-state index in [2.05, 4.69) is 0 Å². The summed E-state index contributed by atoms with van der Waals surface area (Å²) in [7, 11) is 0. The lowest BCUT2D eigenvalue weighted by Crippen LogP contribution is -2.24. The van der Waals surface area contributed by atoms with E-state index in [1.54, 1.807) is 0 Å². The molecule has 0 atom stereocenters. The molecule has 0 unspecified atom stereocenters. The summed E-state index contributed by atoms with van der Waals surface area (Å²) in [6, 6.07) is 0. The van der Waals surface area contributed by atoms with Crippen molar-refractivity contribution in [3.05, 3.63) is 0 Å². The Kier molecular flexibility index (Phi) is 4.04. The SMILES string of the molecule is CC(C)(C)C(=O)CCC(=O)C(C)(C)C. The Morgan fingerprint density at radius 1 is 0.714 bits per heavy atom. The van der Waals surface area contributed by atoms with Crippen molar-refractivity contribution >= 4 is 11.6 Å². The Morgan fingerprint density at radius 3 is 1.07 bits per heavy atom. The van der Waals surface area contributed by atoms with Crippen LogP contribution in [0.15, 0.2) is 0 Å². The van der Waals surface area contributed by atoms with Gasteiger partial charge in [0.15, 0.2) is 0 Å². The zero-order valence-corrected chi connectivity index (χ0v) is 10.2. The molecule has 0 saturated carbocycles. The number of Topliss-reactive ketones (excluding diaryl/α,β-unsaturated/α-hetero) is 2. The average Bonchev–Trinajstić information content (AvgIpc) is 1.95. The molecule has 0 aromatic heterocycles. The van der Waals surface area contributed by atoms with E-state index in [9.17, 15) is 9.59 Å². The van der Waals surface area contributed by atoms with Crippen LogP contribution in [0.25, 0.3) is 0 Å². The largest absolute Gasteiger partial charge is 0.299 e. The van der Waals surface area contributed by atoms with Crippen molar-refractivity contribution < 1.29 is 9.59 Å². The molecule has 0 bridgehead atoms. The molecule has 14 heavy (non-hydrogen) atoms. The zero-order chi connectivity index (χ0) is 11.6. The fraction of sp³-hybridized carbons (Fsp3) is 0.833. The minimum Gasteiger partial charge on any atom is -0.299 e. The number of hydrogen-bond acceptors (Lipinski definition) is 2. The van der Waals surface area contributed by atoms with E-state index in [0.29, 0.717) is 12.8 Å². The molecule has 0 rings (SSSR count). The second kappa shape index (κ2) is 4.24. The third-order valence-corrected chi connectivity index (χ3v) is 2.25. The zero-order valence-electron chi connectivity index (χ0n) is 10.2. The van der Waals surface area contributed by atoms with Gasteiger partial charge in [-0.25, -0.2) is 0 Å². The van der Waals surface area contributed by atoms with Crippen LogP contribution < -0.4 is 0 Å². The van der Waals surface area contributed by atoms with Crippen molar-refractivity contribution in [2.45, 2.75) is 54.4 Å². The number of carbonyl (C=O) groups excluding carboxylic acids is 2. The highest BCUT2D eigenvalue weighted by Gasteiger charge is 2.25. The molecule has 0 aliphatic carbocycles. The van der Waals surface area contributed by atoms with Gasteiger partial charge in [-0.15, -0.1) is 0 Å². The Hall–Kier alpha value is -0.660. The van der Waals surface area contributed by atoms with Crippen molar-refractivity contribution in [3.8, 4) is 0 Å². The normalized spacial score (nSPS) is 12.7. The molecule has 0 saturated heterocycles. The van der Waals surface area contributed by atoms with Crippen LogP contribution in [0.1, 0.15) is 54.4 Å².